The molecule has 0 heterocycles. The van der Waals surface area contributed by atoms with Gasteiger partial charge in [0.15, 0.2) is 0 Å². The van der Waals surface area contributed by atoms with E-state index in [1.54, 1.807) is 19.0 Å². The fourth-order valence-electron chi connectivity index (χ4n) is 0.900. The van der Waals surface area contributed by atoms with Crippen molar-refractivity contribution in [1.82, 2.24) is 4.90 Å². The van der Waals surface area contributed by atoms with E-state index in [0.29, 0.717) is 0 Å². The number of benzene rings is 1. The Morgan fingerprint density at radius 2 is 2.20 bits per heavy atom. The summed E-state index contributed by atoms with van der Waals surface area (Å²) in [6, 6.07) is 3.84. The van der Waals surface area contributed by atoms with E-state index in [9.17, 15) is 9.18 Å². The van der Waals surface area contributed by atoms with Crippen LogP contribution in [-0.4, -0.2) is 31.2 Å². The summed E-state index contributed by atoms with van der Waals surface area (Å²) in [4.78, 5) is 16.5. The molecule has 3 nitrogen and oxygen atoms in total. The summed E-state index contributed by atoms with van der Waals surface area (Å²) in [5.74, 6) is -1.29. The minimum Gasteiger partial charge on any atom is -0.369 e. The van der Waals surface area contributed by atoms with E-state index in [0.717, 1.165) is 6.07 Å². The van der Waals surface area contributed by atoms with E-state index in [2.05, 4.69) is 4.99 Å². The molecule has 1 aromatic carbocycles. The number of carbonyl (C=O) groups is 1. The molecule has 0 aliphatic heterocycles. The summed E-state index contributed by atoms with van der Waals surface area (Å²) in [5.41, 5.74) is -0.0856. The molecule has 0 N–H and O–H groups in total. The van der Waals surface area contributed by atoms with Gasteiger partial charge in [-0.1, -0.05) is 11.6 Å². The van der Waals surface area contributed by atoms with Gasteiger partial charge < -0.3 is 4.90 Å². The molecule has 0 aliphatic carbocycles. The highest BCUT2D eigenvalue weighted by Crippen LogP contribution is 2.15. The first-order chi connectivity index (χ1) is 7.00. The maximum Gasteiger partial charge on any atom is 0.281 e. The second-order valence-corrected chi connectivity index (χ2v) is 3.57. The highest BCUT2D eigenvalue weighted by molar-refractivity contribution is 6.30. The lowest BCUT2D eigenvalue weighted by Crippen LogP contribution is -2.10. The van der Waals surface area contributed by atoms with Crippen LogP contribution in [0, 0.1) is 5.82 Å². The van der Waals surface area contributed by atoms with Crippen molar-refractivity contribution < 1.29 is 9.18 Å². The van der Waals surface area contributed by atoms with Gasteiger partial charge in [0.1, 0.15) is 5.82 Å². The fourth-order valence-corrected chi connectivity index (χ4v) is 1.06. The maximum absolute atomic E-state index is 13.2. The molecule has 1 aromatic rings. The van der Waals surface area contributed by atoms with Crippen LogP contribution in [0.5, 0.6) is 0 Å². The van der Waals surface area contributed by atoms with E-state index >= 15 is 0 Å². The van der Waals surface area contributed by atoms with Gasteiger partial charge in [-0.2, -0.15) is 4.99 Å². The predicted molar refractivity (Wildman–Crippen MR) is 57.9 cm³/mol. The Bertz CT molecular complexity index is 404. The Labute approximate surface area is 92.2 Å². The fraction of sp³-hybridized carbons (Fsp3) is 0.200. The zero-order valence-electron chi connectivity index (χ0n) is 8.37. The van der Waals surface area contributed by atoms with Crippen molar-refractivity contribution in [3.8, 4) is 0 Å². The monoisotopic (exact) mass is 228 g/mol. The highest BCUT2D eigenvalue weighted by Gasteiger charge is 2.10. The molecule has 5 heteroatoms. The zero-order chi connectivity index (χ0) is 11.4. The van der Waals surface area contributed by atoms with Crippen LogP contribution >= 0.6 is 11.6 Å². The van der Waals surface area contributed by atoms with Crippen molar-refractivity contribution in [1.29, 1.82) is 0 Å². The summed E-state index contributed by atoms with van der Waals surface area (Å²) >= 11 is 5.55. The molecule has 0 aliphatic rings. The summed E-state index contributed by atoms with van der Waals surface area (Å²) in [6.07, 6.45) is 1.32. The molecular formula is C10H10ClFN2O. The molecule has 0 saturated heterocycles. The van der Waals surface area contributed by atoms with Crippen LogP contribution in [0.3, 0.4) is 0 Å². The quantitative estimate of drug-likeness (QED) is 0.574. The molecule has 0 fully saturated rings. The van der Waals surface area contributed by atoms with Gasteiger partial charge in [0.2, 0.25) is 0 Å². The molecule has 0 bridgehead atoms. The third-order valence-electron chi connectivity index (χ3n) is 1.57. The molecule has 0 unspecified atom stereocenters. The van der Waals surface area contributed by atoms with Crippen molar-refractivity contribution in [2.75, 3.05) is 14.1 Å². The van der Waals surface area contributed by atoms with E-state index in [1.165, 1.54) is 18.5 Å². The highest BCUT2D eigenvalue weighted by atomic mass is 35.5. The molecule has 15 heavy (non-hydrogen) atoms. The minimum atomic E-state index is -0.664. The third kappa shape index (κ3) is 3.32. The van der Waals surface area contributed by atoms with Crippen LogP contribution in [0.25, 0.3) is 0 Å². The summed E-state index contributed by atoms with van der Waals surface area (Å²) in [6.45, 7) is 0. The van der Waals surface area contributed by atoms with Gasteiger partial charge >= 0.3 is 0 Å². The van der Waals surface area contributed by atoms with Crippen LogP contribution in [0.1, 0.15) is 10.4 Å². The van der Waals surface area contributed by atoms with Crippen LogP contribution in [0.15, 0.2) is 23.2 Å². The molecule has 0 atom stereocenters. The number of halogens is 2. The first-order valence-corrected chi connectivity index (χ1v) is 4.58. The molecule has 1 amide bonds. The predicted octanol–water partition coefficient (Wildman–Crippen LogP) is 2.21. The number of aliphatic imine (C=N–C) groups is 1. The molecule has 0 radical (unpaired) electrons. The molecule has 1 rings (SSSR count). The standard InChI is InChI=1S/C10H10ClFN2O/c1-14(2)6-13-10(15)8-4-3-7(11)5-9(8)12/h3-6H,1-2H3. The maximum atomic E-state index is 13.2. The smallest absolute Gasteiger partial charge is 0.281 e. The Morgan fingerprint density at radius 3 is 2.73 bits per heavy atom. The second-order valence-electron chi connectivity index (χ2n) is 3.14. The number of carbonyl (C=O) groups excluding carboxylic acids is 1. The summed E-state index contributed by atoms with van der Waals surface area (Å²) < 4.78 is 13.2. The van der Waals surface area contributed by atoms with Crippen molar-refractivity contribution in [2.45, 2.75) is 0 Å². The van der Waals surface area contributed by atoms with Crippen molar-refractivity contribution in [2.24, 2.45) is 4.99 Å². The number of hydrogen-bond acceptors (Lipinski definition) is 1. The lowest BCUT2D eigenvalue weighted by Gasteiger charge is -2.02. The first-order valence-electron chi connectivity index (χ1n) is 4.20. The van der Waals surface area contributed by atoms with Crippen LogP contribution in [0.4, 0.5) is 4.39 Å². The van der Waals surface area contributed by atoms with E-state index in [1.807, 2.05) is 0 Å². The number of nitrogens with zero attached hydrogens (tertiary/aromatic N) is 2. The van der Waals surface area contributed by atoms with Gasteiger partial charge in [-0.05, 0) is 18.2 Å². The van der Waals surface area contributed by atoms with Crippen molar-refractivity contribution in [3.05, 3.63) is 34.6 Å². The van der Waals surface area contributed by atoms with Gasteiger partial charge in [0.05, 0.1) is 11.9 Å². The summed E-state index contributed by atoms with van der Waals surface area (Å²) in [7, 11) is 3.43. The molecule has 0 saturated carbocycles. The number of amides is 1. The average molecular weight is 229 g/mol. The molecular weight excluding hydrogens is 219 g/mol. The van der Waals surface area contributed by atoms with Gasteiger partial charge in [-0.25, -0.2) is 4.39 Å². The number of hydrogen-bond donors (Lipinski definition) is 0. The number of rotatable bonds is 2. The van der Waals surface area contributed by atoms with Crippen LogP contribution in [-0.2, 0) is 0 Å². The van der Waals surface area contributed by atoms with Crippen LogP contribution < -0.4 is 0 Å². The second kappa shape index (κ2) is 4.89. The first kappa shape index (κ1) is 11.7. The average Bonchev–Trinajstić information content (AvgIpc) is 2.14. The van der Waals surface area contributed by atoms with Crippen LogP contribution in [0.2, 0.25) is 5.02 Å². The van der Waals surface area contributed by atoms with E-state index < -0.39 is 11.7 Å². The minimum absolute atomic E-state index is 0.0856. The third-order valence-corrected chi connectivity index (χ3v) is 1.80. The van der Waals surface area contributed by atoms with E-state index in [4.69, 9.17) is 11.6 Å². The SMILES string of the molecule is CN(C)C=NC(=O)c1ccc(Cl)cc1F. The van der Waals surface area contributed by atoms with Crippen molar-refractivity contribution >= 4 is 23.8 Å². The van der Waals surface area contributed by atoms with E-state index in [-0.39, 0.29) is 10.6 Å². The molecule has 80 valence electrons. The Kier molecular flexibility index (Phi) is 3.80. The Balaban J connectivity index is 2.92. The summed E-state index contributed by atoms with van der Waals surface area (Å²) in [5, 5.41) is 0.251. The Hall–Kier alpha value is -1.42. The lowest BCUT2D eigenvalue weighted by atomic mass is 10.2. The van der Waals surface area contributed by atoms with Gasteiger partial charge in [0.25, 0.3) is 5.91 Å². The Morgan fingerprint density at radius 1 is 1.53 bits per heavy atom. The van der Waals surface area contributed by atoms with Crippen molar-refractivity contribution in [3.63, 3.8) is 0 Å². The van der Waals surface area contributed by atoms with Gasteiger partial charge in [0, 0.05) is 19.1 Å². The zero-order valence-corrected chi connectivity index (χ0v) is 9.12. The van der Waals surface area contributed by atoms with Gasteiger partial charge in [-0.15, -0.1) is 0 Å². The van der Waals surface area contributed by atoms with Gasteiger partial charge in [-0.3, -0.25) is 4.79 Å². The normalized spacial score (nSPS) is 10.7. The lowest BCUT2D eigenvalue weighted by molar-refractivity contribution is 0.0998. The topological polar surface area (TPSA) is 32.7 Å². The molecule has 0 spiro atoms. The largest absolute Gasteiger partial charge is 0.369 e. The molecule has 0 aromatic heterocycles.